The Balaban J connectivity index is 0.000000339. The molecule has 4 heterocycles. The van der Waals surface area contributed by atoms with Crippen molar-refractivity contribution in [2.24, 2.45) is 11.8 Å². The summed E-state index contributed by atoms with van der Waals surface area (Å²) in [7, 11) is -3.04. The van der Waals surface area contributed by atoms with Crippen molar-refractivity contribution in [3.05, 3.63) is 221 Å². The molecular weight excluding hydrogens is 1300 g/mol. The molecule has 0 N–H and O–H groups in total. The van der Waals surface area contributed by atoms with Crippen LogP contribution in [0.3, 0.4) is 0 Å². The van der Waals surface area contributed by atoms with E-state index >= 15 is 0 Å². The van der Waals surface area contributed by atoms with Gasteiger partial charge in [-0.3, -0.25) is 9.80 Å². The molecule has 426 valence electrons. The fraction of sp³-hybridized carbons (Fsp3) is 0.179. The summed E-state index contributed by atoms with van der Waals surface area (Å²) in [6, 6.07) is 40.9. The smallest absolute Gasteiger partial charge is 0.138 e. The van der Waals surface area contributed by atoms with Crippen LogP contribution in [0.2, 0.25) is 0 Å². The van der Waals surface area contributed by atoms with Crippen molar-refractivity contribution in [1.29, 1.82) is 0 Å². The van der Waals surface area contributed by atoms with Crippen LogP contribution in [0.1, 0.15) is 41.5 Å². The van der Waals surface area contributed by atoms with E-state index in [-0.39, 0.29) is 0 Å². The van der Waals surface area contributed by atoms with E-state index in [2.05, 4.69) is 191 Å². The molecule has 7 aromatic rings. The molecule has 0 atom stereocenters. The van der Waals surface area contributed by atoms with Crippen LogP contribution >= 0.6 is 19.4 Å². The Kier molecular flexibility index (Phi) is 29.4. The fourth-order valence-corrected chi connectivity index (χ4v) is 6.98. The third-order valence-corrected chi connectivity index (χ3v) is 12.0. The SMILES string of the molecule is C[C]1[CH][CH][C](C(C)C)[CH][CH]1.C[C]1[CH][CH][C](C(C)C)[CH][CH]1.O=S(=O)([O-])C(F)(F)F.O=S(=O)([O-])C(F)(F)F.[Cl][Ru+].[Cl][Ru+].c1ccc(N(c2ccccn2)c2cccc3cc4cccc(N(c5ccccn5)c5ccccn5)c4cc23)nc1. The minimum Gasteiger partial charge on any atom is -0.278 e. The summed E-state index contributed by atoms with van der Waals surface area (Å²) < 4.78 is 118. The fourth-order valence-electron chi connectivity index (χ4n) is 6.98. The van der Waals surface area contributed by atoms with Crippen LogP contribution in [0.5, 0.6) is 0 Å². The molecular formula is C56H52Cl2F6N6O6Ru2S2. The molecule has 0 saturated heterocycles. The molecule has 12 radical (unpaired) electrons. The van der Waals surface area contributed by atoms with E-state index in [1.54, 1.807) is 0 Å². The molecule has 12 nitrogen and oxygen atoms in total. The molecule has 80 heavy (non-hydrogen) atoms. The van der Waals surface area contributed by atoms with Gasteiger partial charge in [-0.05, 0) is 170 Å². The van der Waals surface area contributed by atoms with E-state index in [9.17, 15) is 26.3 Å². The average Bonchev–Trinajstić information content (AvgIpc) is 3.43. The van der Waals surface area contributed by atoms with Crippen LogP contribution in [0.25, 0.3) is 21.5 Å². The van der Waals surface area contributed by atoms with Gasteiger partial charge in [0.05, 0.1) is 11.4 Å². The monoisotopic (exact) mass is 1360 g/mol. The largest absolute Gasteiger partial charge is 0.278 e. The van der Waals surface area contributed by atoms with Crippen molar-refractivity contribution in [2.75, 3.05) is 9.80 Å². The summed E-state index contributed by atoms with van der Waals surface area (Å²) >= 11 is 3.64. The van der Waals surface area contributed by atoms with Crippen molar-refractivity contribution in [3.8, 4) is 0 Å². The van der Waals surface area contributed by atoms with Crippen LogP contribution in [0.4, 0.5) is 61.0 Å². The standard InChI is InChI=1S/C34H24N6.2C10H14.2CHF3O3S.2ClH.2Ru/c1-5-19-35-31(15-1)39(32-16-2-6-20-36-32)29-13-9-11-25-23-26-12-10-14-30(28(26)24-27(25)29)40(33-17-3-7-21-37-33)34-18-4-8-22-38-34;2*1-8(2)10-6-4-9(3)5-7-10;2*2-1(3,4)8(5,6)7;;;;/h1-24H;2*4-8H,1-3H3;2*(H,5,6,7);2*1H;;/q;;;;;;;2*+2/p-4. The second kappa shape index (κ2) is 33.6. The second-order valence-corrected chi connectivity index (χ2v) is 19.9. The number of aromatic nitrogens is 4. The number of benzene rings is 3. The zero-order valence-corrected chi connectivity index (χ0v) is 49.9. The molecule has 2 saturated carbocycles. The Morgan fingerprint density at radius 2 is 0.700 bits per heavy atom. The molecule has 2 aliphatic rings. The zero-order valence-electron chi connectivity index (χ0n) is 43.3. The summed E-state index contributed by atoms with van der Waals surface area (Å²) in [5, 5.41) is 4.42. The van der Waals surface area contributed by atoms with Gasteiger partial charge in [0, 0.05) is 35.6 Å². The Morgan fingerprint density at radius 3 is 0.912 bits per heavy atom. The first-order valence-electron chi connectivity index (χ1n) is 23.4. The first kappa shape index (κ1) is 69.9. The maximum Gasteiger partial charge on any atom is 0.138 e. The first-order valence-corrected chi connectivity index (χ1v) is 30.7. The Morgan fingerprint density at radius 1 is 0.438 bits per heavy atom. The van der Waals surface area contributed by atoms with E-state index in [4.69, 9.17) is 25.9 Å². The van der Waals surface area contributed by atoms with Crippen LogP contribution in [-0.2, 0) is 54.9 Å². The molecule has 0 unspecified atom stereocenters. The molecule has 4 aromatic heterocycles. The second-order valence-electron chi connectivity index (χ2n) is 17.2. The van der Waals surface area contributed by atoms with Gasteiger partial charge in [0.15, 0.2) is 20.2 Å². The minimum atomic E-state index is -6.09. The number of pyridine rings is 4. The van der Waals surface area contributed by atoms with Crippen molar-refractivity contribution < 1.29 is 86.9 Å². The van der Waals surface area contributed by atoms with Gasteiger partial charge in [0.1, 0.15) is 23.3 Å². The number of rotatable bonds is 8. The number of fused-ring (bicyclic) bond motifs is 2. The predicted octanol–water partition coefficient (Wildman–Crippen LogP) is 15.3. The average molecular weight is 1360 g/mol. The number of hydrogen-bond acceptors (Lipinski definition) is 12. The van der Waals surface area contributed by atoms with Crippen LogP contribution < -0.4 is 9.80 Å². The summed E-state index contributed by atoms with van der Waals surface area (Å²) in [6.07, 6.45) is 24.7. The minimum absolute atomic E-state index is 0.653. The number of nitrogens with zero attached hydrogens (tertiary/aromatic N) is 6. The van der Waals surface area contributed by atoms with Gasteiger partial charge < -0.3 is 9.11 Å². The van der Waals surface area contributed by atoms with Gasteiger partial charge in [-0.2, -0.15) is 26.3 Å². The number of halogens is 8. The number of anilines is 6. The molecule has 9 rings (SSSR count). The Hall–Kier alpha value is -4.39. The van der Waals surface area contributed by atoms with Gasteiger partial charge in [0.25, 0.3) is 0 Å². The third kappa shape index (κ3) is 21.7. The Bertz CT molecular complexity index is 2830. The maximum absolute atomic E-state index is 10.7. The van der Waals surface area contributed by atoms with Crippen LogP contribution in [0.15, 0.2) is 146 Å². The molecule has 2 aliphatic carbocycles. The van der Waals surface area contributed by atoms with E-state index < -0.39 is 31.3 Å². The molecule has 24 heteroatoms. The molecule has 2 fully saturated rings. The molecule has 0 bridgehead atoms. The van der Waals surface area contributed by atoms with Crippen molar-refractivity contribution in [3.63, 3.8) is 0 Å². The predicted molar refractivity (Wildman–Crippen MR) is 294 cm³/mol. The van der Waals surface area contributed by atoms with Gasteiger partial charge in [-0.15, -0.1) is 0 Å². The van der Waals surface area contributed by atoms with Crippen molar-refractivity contribution in [1.82, 2.24) is 19.9 Å². The molecule has 0 aliphatic heterocycles. The molecule has 3 aromatic carbocycles. The summed E-state index contributed by atoms with van der Waals surface area (Å²) in [5.41, 5.74) is -9.30. The normalized spacial score (nSPS) is 14.4. The summed E-state index contributed by atoms with van der Waals surface area (Å²) in [4.78, 5) is 23.0. The van der Waals surface area contributed by atoms with Crippen LogP contribution in [0, 0.1) is 86.9 Å². The summed E-state index contributed by atoms with van der Waals surface area (Å²) in [5.74, 6) is 10.0. The summed E-state index contributed by atoms with van der Waals surface area (Å²) in [6.45, 7) is 13.1. The first-order chi connectivity index (χ1) is 37.8. The van der Waals surface area contributed by atoms with E-state index in [1.165, 1.54) is 23.7 Å². The van der Waals surface area contributed by atoms with Gasteiger partial charge in [-0.25, -0.2) is 36.8 Å². The van der Waals surface area contributed by atoms with E-state index in [1.807, 2.05) is 132 Å². The van der Waals surface area contributed by atoms with Gasteiger partial charge >= 0.3 is 65.0 Å². The quantitative estimate of drug-likeness (QED) is 0.0464. The van der Waals surface area contributed by atoms with E-state index in [0.717, 1.165) is 56.2 Å². The topological polar surface area (TPSA) is 172 Å². The van der Waals surface area contributed by atoms with Crippen LogP contribution in [-0.4, -0.2) is 56.9 Å². The van der Waals surface area contributed by atoms with E-state index in [0.29, 0.717) is 11.8 Å². The molecule has 0 amide bonds. The maximum atomic E-state index is 10.7. The number of hydrogen-bond donors (Lipinski definition) is 0. The van der Waals surface area contributed by atoms with Crippen molar-refractivity contribution in [2.45, 2.75) is 52.6 Å². The zero-order chi connectivity index (χ0) is 59.8. The van der Waals surface area contributed by atoms with Gasteiger partial charge in [0.2, 0.25) is 0 Å². The van der Waals surface area contributed by atoms with Gasteiger partial charge in [-0.1, -0.05) is 90.1 Å². The third-order valence-electron chi connectivity index (χ3n) is 10.9. The Labute approximate surface area is 494 Å². The molecule has 0 spiro atoms. The number of alkyl halides is 6. The van der Waals surface area contributed by atoms with Crippen molar-refractivity contribution >= 4 is 95.8 Å².